The van der Waals surface area contributed by atoms with E-state index in [1.54, 1.807) is 0 Å². The molecule has 0 bridgehead atoms. The number of aliphatic hydroxyl groups excluding tert-OH is 1. The molecular weight excluding hydrogens is 293 g/mol. The number of aliphatic hydroxyl groups is 1. The van der Waals surface area contributed by atoms with Crippen LogP contribution in [0.1, 0.15) is 5.56 Å². The molecule has 90 valence electrons. The molecule has 0 unspecified atom stereocenters. The number of allylic oxidation sites excluding steroid dienone is 1. The monoisotopic (exact) mass is 300 g/mol. The van der Waals surface area contributed by atoms with Crippen molar-refractivity contribution in [2.24, 2.45) is 0 Å². The zero-order chi connectivity index (χ0) is 12.6. The first kappa shape index (κ1) is 11.9. The molecule has 1 heterocycles. The quantitative estimate of drug-likeness (QED) is 0.834. The highest BCUT2D eigenvalue weighted by Crippen LogP contribution is 2.33. The molecule has 0 spiro atoms. The molecule has 0 atom stereocenters. The van der Waals surface area contributed by atoms with Gasteiger partial charge < -0.3 is 10.2 Å². The highest BCUT2D eigenvalue weighted by Gasteiger charge is 2.15. The first-order chi connectivity index (χ1) is 7.99. The van der Waals surface area contributed by atoms with Crippen LogP contribution in [-0.2, 0) is 0 Å². The number of hydrogen-bond acceptors (Lipinski definition) is 4. The van der Waals surface area contributed by atoms with Crippen molar-refractivity contribution in [2.45, 2.75) is 0 Å². The van der Waals surface area contributed by atoms with Crippen molar-refractivity contribution in [3.05, 3.63) is 46.0 Å². The maximum atomic E-state index is 13.1. The Bertz CT molecular complexity index is 528. The number of benzene rings is 1. The second-order valence-corrected chi connectivity index (χ2v) is 4.37. The van der Waals surface area contributed by atoms with Crippen molar-refractivity contribution >= 4 is 21.5 Å². The van der Waals surface area contributed by atoms with Crippen molar-refractivity contribution in [1.29, 1.82) is 0 Å². The van der Waals surface area contributed by atoms with E-state index in [1.165, 1.54) is 12.1 Å². The SMILES string of the molecule is [O-]c1cc(F)c(Br)cc1C1=CCN(O)C=C1O. The molecule has 0 aromatic heterocycles. The van der Waals surface area contributed by atoms with E-state index in [1.807, 2.05) is 0 Å². The van der Waals surface area contributed by atoms with Gasteiger partial charge in [0.1, 0.15) is 11.6 Å². The number of halogens is 2. The topological polar surface area (TPSA) is 66.8 Å². The van der Waals surface area contributed by atoms with E-state index < -0.39 is 11.6 Å². The zero-order valence-electron chi connectivity index (χ0n) is 8.52. The minimum Gasteiger partial charge on any atom is -0.872 e. The van der Waals surface area contributed by atoms with Crippen LogP contribution >= 0.6 is 15.9 Å². The van der Waals surface area contributed by atoms with E-state index in [4.69, 9.17) is 5.21 Å². The Balaban J connectivity index is 2.49. The number of hydroxylamine groups is 2. The molecule has 0 fully saturated rings. The molecule has 1 aliphatic heterocycles. The van der Waals surface area contributed by atoms with Crippen LogP contribution in [0.5, 0.6) is 5.75 Å². The van der Waals surface area contributed by atoms with E-state index in [0.717, 1.165) is 17.3 Å². The van der Waals surface area contributed by atoms with Gasteiger partial charge in [-0.15, -0.1) is 0 Å². The van der Waals surface area contributed by atoms with Gasteiger partial charge in [-0.05, 0) is 33.6 Å². The molecule has 0 aliphatic carbocycles. The highest BCUT2D eigenvalue weighted by atomic mass is 79.9. The van der Waals surface area contributed by atoms with E-state index >= 15 is 0 Å². The smallest absolute Gasteiger partial charge is 0.141 e. The molecule has 0 radical (unpaired) electrons. The van der Waals surface area contributed by atoms with Crippen LogP contribution in [0.25, 0.3) is 5.57 Å². The molecule has 1 aliphatic rings. The molecule has 2 rings (SSSR count). The molecule has 2 N–H and O–H groups in total. The van der Waals surface area contributed by atoms with Gasteiger partial charge in [0.05, 0.1) is 17.2 Å². The molecule has 1 aromatic rings. The Morgan fingerprint density at radius 2 is 2.12 bits per heavy atom. The lowest BCUT2D eigenvalue weighted by Crippen LogP contribution is -2.17. The molecule has 0 saturated carbocycles. The van der Waals surface area contributed by atoms with Crippen molar-refractivity contribution in [3.63, 3.8) is 0 Å². The third-order valence-electron chi connectivity index (χ3n) is 2.34. The maximum Gasteiger partial charge on any atom is 0.141 e. The van der Waals surface area contributed by atoms with Crippen molar-refractivity contribution in [1.82, 2.24) is 5.06 Å². The average Bonchev–Trinajstić information content (AvgIpc) is 2.24. The van der Waals surface area contributed by atoms with E-state index in [9.17, 15) is 14.6 Å². The summed E-state index contributed by atoms with van der Waals surface area (Å²) in [5.41, 5.74) is 0.459. The number of rotatable bonds is 1. The first-order valence-electron chi connectivity index (χ1n) is 4.72. The van der Waals surface area contributed by atoms with Crippen LogP contribution < -0.4 is 5.11 Å². The molecular formula is C11H8BrFNO3-. The molecule has 1 aromatic carbocycles. The summed E-state index contributed by atoms with van der Waals surface area (Å²) >= 11 is 2.98. The van der Waals surface area contributed by atoms with Gasteiger partial charge in [-0.3, -0.25) is 10.3 Å². The molecule has 4 nitrogen and oxygen atoms in total. The van der Waals surface area contributed by atoms with Gasteiger partial charge in [-0.25, -0.2) is 4.39 Å². The summed E-state index contributed by atoms with van der Waals surface area (Å²) in [6.07, 6.45) is 2.57. The third-order valence-corrected chi connectivity index (χ3v) is 2.95. The summed E-state index contributed by atoms with van der Waals surface area (Å²) in [6, 6.07) is 2.15. The number of nitrogens with zero attached hydrogens (tertiary/aromatic N) is 1. The number of hydrogen-bond donors (Lipinski definition) is 2. The van der Waals surface area contributed by atoms with Gasteiger partial charge >= 0.3 is 0 Å². The van der Waals surface area contributed by atoms with E-state index in [2.05, 4.69) is 15.9 Å². The average molecular weight is 301 g/mol. The normalized spacial score (nSPS) is 15.6. The van der Waals surface area contributed by atoms with Crippen molar-refractivity contribution in [3.8, 4) is 5.75 Å². The van der Waals surface area contributed by atoms with Crippen LogP contribution in [0.4, 0.5) is 4.39 Å². The fraction of sp³-hybridized carbons (Fsp3) is 0.0909. The predicted molar refractivity (Wildman–Crippen MR) is 60.7 cm³/mol. The summed E-state index contributed by atoms with van der Waals surface area (Å²) in [5, 5.41) is 31.1. The zero-order valence-corrected chi connectivity index (χ0v) is 10.1. The fourth-order valence-corrected chi connectivity index (χ4v) is 1.88. The van der Waals surface area contributed by atoms with E-state index in [-0.39, 0.29) is 27.9 Å². The lowest BCUT2D eigenvalue weighted by atomic mass is 10.0. The summed E-state index contributed by atoms with van der Waals surface area (Å²) in [6.45, 7) is 0.147. The molecule has 6 heteroatoms. The first-order valence-corrected chi connectivity index (χ1v) is 5.51. The van der Waals surface area contributed by atoms with E-state index in [0.29, 0.717) is 0 Å². The Morgan fingerprint density at radius 3 is 2.76 bits per heavy atom. The lowest BCUT2D eigenvalue weighted by Gasteiger charge is -2.22. The summed E-state index contributed by atoms with van der Waals surface area (Å²) in [7, 11) is 0. The van der Waals surface area contributed by atoms with Gasteiger partial charge in [0.2, 0.25) is 0 Å². The predicted octanol–water partition coefficient (Wildman–Crippen LogP) is 2.15. The second-order valence-electron chi connectivity index (χ2n) is 3.52. The van der Waals surface area contributed by atoms with Gasteiger partial charge in [0.25, 0.3) is 0 Å². The van der Waals surface area contributed by atoms with Crippen LogP contribution in [0.2, 0.25) is 0 Å². The minimum atomic E-state index is -0.651. The van der Waals surface area contributed by atoms with Gasteiger partial charge in [-0.2, -0.15) is 0 Å². The standard InChI is InChI=1S/C11H9BrFNO3/c12-8-3-7(10(15)4-9(8)13)6-1-2-14(17)5-11(6)16/h1,3-5,15-17H,2H2/p-1. The Morgan fingerprint density at radius 1 is 1.41 bits per heavy atom. The van der Waals surface area contributed by atoms with Crippen molar-refractivity contribution in [2.75, 3.05) is 6.54 Å². The lowest BCUT2D eigenvalue weighted by molar-refractivity contribution is -0.268. The third kappa shape index (κ3) is 2.27. The van der Waals surface area contributed by atoms with Crippen LogP contribution in [0.15, 0.2) is 34.6 Å². The van der Waals surface area contributed by atoms with Gasteiger partial charge in [0.15, 0.2) is 0 Å². The summed E-state index contributed by atoms with van der Waals surface area (Å²) in [4.78, 5) is 0. The van der Waals surface area contributed by atoms with Crippen molar-refractivity contribution < 1.29 is 19.8 Å². The highest BCUT2D eigenvalue weighted by molar-refractivity contribution is 9.10. The minimum absolute atomic E-state index is 0.146. The van der Waals surface area contributed by atoms with Crippen LogP contribution in [-0.4, -0.2) is 21.9 Å². The molecule has 17 heavy (non-hydrogen) atoms. The largest absolute Gasteiger partial charge is 0.872 e. The molecule has 0 saturated heterocycles. The second kappa shape index (κ2) is 4.38. The maximum absolute atomic E-state index is 13.1. The van der Waals surface area contributed by atoms with Gasteiger partial charge in [0, 0.05) is 5.57 Å². The van der Waals surface area contributed by atoms with Crippen LogP contribution in [0, 0.1) is 5.82 Å². The van der Waals surface area contributed by atoms with Gasteiger partial charge in [-0.1, -0.05) is 11.8 Å². The van der Waals surface area contributed by atoms with Crippen LogP contribution in [0.3, 0.4) is 0 Å². The summed E-state index contributed by atoms with van der Waals surface area (Å²) < 4.78 is 13.2. The Kier molecular flexibility index (Phi) is 3.08. The Hall–Kier alpha value is -1.53. The fourth-order valence-electron chi connectivity index (χ4n) is 1.54. The Labute approximate surface area is 105 Å². The summed E-state index contributed by atoms with van der Waals surface area (Å²) in [5.74, 6) is -1.42. The molecule has 0 amide bonds.